The van der Waals surface area contributed by atoms with Crippen molar-refractivity contribution in [3.05, 3.63) is 48.3 Å². The second-order valence-corrected chi connectivity index (χ2v) is 3.94. The molecule has 1 atom stereocenters. The number of aromatic amines is 1. The molecular weight excluding hydrogens is 194 g/mol. The third kappa shape index (κ3) is 1.68. The quantitative estimate of drug-likeness (QED) is 0.714. The van der Waals surface area contributed by atoms with Gasteiger partial charge in [0, 0.05) is 17.5 Å². The highest BCUT2D eigenvalue weighted by Crippen LogP contribution is 2.29. The van der Waals surface area contributed by atoms with E-state index in [4.69, 9.17) is 11.6 Å². The first kappa shape index (κ1) is 9.35. The molecule has 2 heteroatoms. The Hall–Kier alpha value is -1.21. The third-order valence-electron chi connectivity index (χ3n) is 2.26. The van der Waals surface area contributed by atoms with Crippen LogP contribution in [0.2, 0.25) is 0 Å². The van der Waals surface area contributed by atoms with Crippen molar-refractivity contribution in [2.24, 2.45) is 0 Å². The summed E-state index contributed by atoms with van der Waals surface area (Å²) >= 11 is 6.07. The lowest BCUT2D eigenvalue weighted by atomic mass is 10.1. The van der Waals surface area contributed by atoms with E-state index in [1.807, 2.05) is 31.3 Å². The molecule has 1 nitrogen and oxygen atoms in total. The van der Waals surface area contributed by atoms with Crippen LogP contribution in [-0.4, -0.2) is 4.98 Å². The van der Waals surface area contributed by atoms with Crippen LogP contribution in [0.1, 0.15) is 18.0 Å². The number of halogens is 1. The molecule has 72 valence electrons. The van der Waals surface area contributed by atoms with Gasteiger partial charge in [-0.1, -0.05) is 30.3 Å². The zero-order valence-corrected chi connectivity index (χ0v) is 8.75. The summed E-state index contributed by atoms with van der Waals surface area (Å²) in [6, 6.07) is 12.3. The Bertz CT molecular complexity index is 403. The molecule has 1 heterocycles. The molecular formula is C12H12ClN. The van der Waals surface area contributed by atoms with Crippen molar-refractivity contribution in [2.75, 3.05) is 0 Å². The molecule has 2 rings (SSSR count). The summed E-state index contributed by atoms with van der Waals surface area (Å²) in [6.45, 7) is 1.97. The highest BCUT2D eigenvalue weighted by molar-refractivity contribution is 6.20. The van der Waals surface area contributed by atoms with Gasteiger partial charge in [0.25, 0.3) is 0 Å². The van der Waals surface area contributed by atoms with E-state index in [0.29, 0.717) is 0 Å². The molecule has 2 aromatic rings. The van der Waals surface area contributed by atoms with E-state index in [1.165, 1.54) is 11.1 Å². The van der Waals surface area contributed by atoms with Gasteiger partial charge in [0.2, 0.25) is 0 Å². The molecule has 0 aliphatic heterocycles. The average Bonchev–Trinajstić information content (AvgIpc) is 2.67. The monoisotopic (exact) mass is 205 g/mol. The predicted octanol–water partition coefficient (Wildman–Crippen LogP) is 3.98. The lowest BCUT2D eigenvalue weighted by Gasteiger charge is -2.05. The van der Waals surface area contributed by atoms with E-state index < -0.39 is 0 Å². The lowest BCUT2D eigenvalue weighted by molar-refractivity contribution is 1.02. The molecule has 0 fully saturated rings. The van der Waals surface area contributed by atoms with Crippen LogP contribution in [0.5, 0.6) is 0 Å². The summed E-state index contributed by atoms with van der Waals surface area (Å²) in [4.78, 5) is 3.17. The van der Waals surface area contributed by atoms with Crippen LogP contribution in [0.3, 0.4) is 0 Å². The molecule has 1 aromatic carbocycles. The van der Waals surface area contributed by atoms with Gasteiger partial charge >= 0.3 is 0 Å². The number of nitrogens with one attached hydrogen (secondary N) is 1. The molecule has 0 bridgehead atoms. The van der Waals surface area contributed by atoms with Gasteiger partial charge in [0.1, 0.15) is 0 Å². The van der Waals surface area contributed by atoms with E-state index in [0.717, 1.165) is 5.69 Å². The summed E-state index contributed by atoms with van der Waals surface area (Å²) in [5.74, 6) is 0. The molecule has 1 unspecified atom stereocenters. The molecule has 0 saturated heterocycles. The Morgan fingerprint density at radius 3 is 2.50 bits per heavy atom. The van der Waals surface area contributed by atoms with Crippen molar-refractivity contribution in [3.63, 3.8) is 0 Å². The van der Waals surface area contributed by atoms with Crippen LogP contribution < -0.4 is 0 Å². The number of rotatable bonds is 2. The van der Waals surface area contributed by atoms with Crippen LogP contribution in [0.15, 0.2) is 42.6 Å². The Balaban J connectivity index is 2.47. The number of aromatic nitrogens is 1. The minimum atomic E-state index is 0.0141. The van der Waals surface area contributed by atoms with E-state index in [1.54, 1.807) is 0 Å². The van der Waals surface area contributed by atoms with Crippen molar-refractivity contribution >= 4 is 11.6 Å². The lowest BCUT2D eigenvalue weighted by Crippen LogP contribution is -1.87. The Morgan fingerprint density at radius 2 is 1.86 bits per heavy atom. The number of alkyl halides is 1. The van der Waals surface area contributed by atoms with Crippen LogP contribution in [0, 0.1) is 0 Å². The minimum Gasteiger partial charge on any atom is -0.363 e. The number of benzene rings is 1. The van der Waals surface area contributed by atoms with Gasteiger partial charge in [-0.05, 0) is 18.6 Å². The molecule has 0 amide bonds. The van der Waals surface area contributed by atoms with E-state index >= 15 is 0 Å². The highest BCUT2D eigenvalue weighted by Gasteiger charge is 2.09. The van der Waals surface area contributed by atoms with E-state index in [-0.39, 0.29) is 5.38 Å². The summed E-state index contributed by atoms with van der Waals surface area (Å²) in [7, 11) is 0. The topological polar surface area (TPSA) is 15.8 Å². The molecule has 1 aromatic heterocycles. The fourth-order valence-corrected chi connectivity index (χ4v) is 1.76. The fourth-order valence-electron chi connectivity index (χ4n) is 1.58. The first-order valence-electron chi connectivity index (χ1n) is 4.66. The predicted molar refractivity (Wildman–Crippen MR) is 60.5 cm³/mol. The molecule has 0 saturated carbocycles. The standard InChI is InChI=1S/C12H12ClN/c1-9(13)12-11(7-8-14-12)10-5-3-2-4-6-10/h2-9,14H,1H3. The van der Waals surface area contributed by atoms with Crippen molar-refractivity contribution in [3.8, 4) is 11.1 Å². The normalized spacial score (nSPS) is 12.7. The summed E-state index contributed by atoms with van der Waals surface area (Å²) < 4.78 is 0. The second-order valence-electron chi connectivity index (χ2n) is 3.29. The van der Waals surface area contributed by atoms with E-state index in [9.17, 15) is 0 Å². The van der Waals surface area contributed by atoms with Crippen molar-refractivity contribution in [2.45, 2.75) is 12.3 Å². The first-order valence-corrected chi connectivity index (χ1v) is 5.09. The van der Waals surface area contributed by atoms with Gasteiger partial charge in [-0.2, -0.15) is 0 Å². The zero-order chi connectivity index (χ0) is 9.97. The van der Waals surface area contributed by atoms with Crippen LogP contribution >= 0.6 is 11.6 Å². The van der Waals surface area contributed by atoms with Crippen LogP contribution in [0.25, 0.3) is 11.1 Å². The van der Waals surface area contributed by atoms with Gasteiger partial charge in [-0.15, -0.1) is 11.6 Å². The highest BCUT2D eigenvalue weighted by atomic mass is 35.5. The van der Waals surface area contributed by atoms with Crippen LogP contribution in [-0.2, 0) is 0 Å². The molecule has 0 aliphatic carbocycles. The summed E-state index contributed by atoms with van der Waals surface area (Å²) in [5.41, 5.74) is 3.47. The van der Waals surface area contributed by atoms with Gasteiger partial charge in [-0.25, -0.2) is 0 Å². The maximum Gasteiger partial charge on any atom is 0.0713 e. The largest absolute Gasteiger partial charge is 0.363 e. The SMILES string of the molecule is CC(Cl)c1[nH]ccc1-c1ccccc1. The number of hydrogen-bond acceptors (Lipinski definition) is 0. The second kappa shape index (κ2) is 3.89. The summed E-state index contributed by atoms with van der Waals surface area (Å²) in [6.07, 6.45) is 1.93. The molecule has 0 aliphatic rings. The van der Waals surface area contributed by atoms with Gasteiger partial charge in [0.05, 0.1) is 5.38 Å². The van der Waals surface area contributed by atoms with Gasteiger partial charge in [-0.3, -0.25) is 0 Å². The number of hydrogen-bond donors (Lipinski definition) is 1. The fraction of sp³-hybridized carbons (Fsp3) is 0.167. The Kier molecular flexibility index (Phi) is 2.60. The van der Waals surface area contributed by atoms with Crippen LogP contribution in [0.4, 0.5) is 0 Å². The minimum absolute atomic E-state index is 0.0141. The molecule has 14 heavy (non-hydrogen) atoms. The van der Waals surface area contributed by atoms with Gasteiger partial charge < -0.3 is 4.98 Å². The zero-order valence-electron chi connectivity index (χ0n) is 8.00. The van der Waals surface area contributed by atoms with Crippen molar-refractivity contribution in [1.82, 2.24) is 4.98 Å². The molecule has 0 spiro atoms. The van der Waals surface area contributed by atoms with E-state index in [2.05, 4.69) is 23.2 Å². The summed E-state index contributed by atoms with van der Waals surface area (Å²) in [5, 5.41) is 0.0141. The third-order valence-corrected chi connectivity index (χ3v) is 2.48. The maximum atomic E-state index is 6.07. The maximum absolute atomic E-state index is 6.07. The number of H-pyrrole nitrogens is 1. The van der Waals surface area contributed by atoms with Gasteiger partial charge in [0.15, 0.2) is 0 Å². The average molecular weight is 206 g/mol. The molecule has 0 radical (unpaired) electrons. The first-order chi connectivity index (χ1) is 6.79. The van der Waals surface area contributed by atoms with Crippen molar-refractivity contribution in [1.29, 1.82) is 0 Å². The molecule has 1 N–H and O–H groups in total. The van der Waals surface area contributed by atoms with Crippen molar-refractivity contribution < 1.29 is 0 Å². The Labute approximate surface area is 88.7 Å². The smallest absolute Gasteiger partial charge is 0.0713 e. The Morgan fingerprint density at radius 1 is 1.14 bits per heavy atom.